The normalized spacial score (nSPS) is 12.8. The van der Waals surface area contributed by atoms with Crippen LogP contribution in [0.4, 0.5) is 0 Å². The summed E-state index contributed by atoms with van der Waals surface area (Å²) >= 11 is 0. The predicted molar refractivity (Wildman–Crippen MR) is 70.3 cm³/mol. The Morgan fingerprint density at radius 3 is 3.11 bits per heavy atom. The minimum Gasteiger partial charge on any atom is -0.493 e. The maximum Gasteiger partial charge on any atom is 0.181 e. The van der Waals surface area contributed by atoms with E-state index in [0.717, 1.165) is 25.2 Å². The summed E-state index contributed by atoms with van der Waals surface area (Å²) in [6, 6.07) is 7.80. The van der Waals surface area contributed by atoms with Crippen molar-refractivity contribution >= 4 is 5.78 Å². The lowest BCUT2D eigenvalue weighted by Gasteiger charge is -2.04. The molecular weight excluding hydrogens is 240 g/mol. The first kappa shape index (κ1) is 11.8. The van der Waals surface area contributed by atoms with Crippen LogP contribution in [0.5, 0.6) is 5.75 Å². The summed E-state index contributed by atoms with van der Waals surface area (Å²) in [5.41, 5.74) is 2.90. The number of hydrogen-bond donors (Lipinski definition) is 0. The molecule has 0 atom stereocenters. The van der Waals surface area contributed by atoms with E-state index in [9.17, 15) is 4.79 Å². The van der Waals surface area contributed by atoms with Gasteiger partial charge in [-0.15, -0.1) is 0 Å². The molecule has 0 saturated carbocycles. The third-order valence-corrected chi connectivity index (χ3v) is 3.26. The minimum atomic E-state index is 0.0548. The number of carbonyl (C=O) groups is 1. The monoisotopic (exact) mass is 254 g/mol. The van der Waals surface area contributed by atoms with E-state index in [4.69, 9.17) is 4.74 Å². The Balaban J connectivity index is 1.65. The fraction of sp³-hybridized carbons (Fsp3) is 0.267. The third kappa shape index (κ3) is 2.62. The Morgan fingerprint density at radius 1 is 1.32 bits per heavy atom. The van der Waals surface area contributed by atoms with Crippen LogP contribution < -0.4 is 4.74 Å². The molecule has 2 aromatic rings. The lowest BCUT2D eigenvalue weighted by Crippen LogP contribution is -2.03. The Bertz CT molecular complexity index is 596. The molecule has 19 heavy (non-hydrogen) atoms. The number of rotatable bonds is 4. The maximum absolute atomic E-state index is 11.9. The van der Waals surface area contributed by atoms with Crippen molar-refractivity contribution in [2.24, 2.45) is 0 Å². The topological polar surface area (TPSA) is 52.1 Å². The molecule has 0 radical (unpaired) electrons. The second-order valence-electron chi connectivity index (χ2n) is 4.56. The molecule has 0 N–H and O–H groups in total. The van der Waals surface area contributed by atoms with Crippen LogP contribution in [0.2, 0.25) is 0 Å². The average Bonchev–Trinajstić information content (AvgIpc) is 2.93. The van der Waals surface area contributed by atoms with Gasteiger partial charge in [0.1, 0.15) is 17.8 Å². The SMILES string of the molecule is O=C(CCc1ccc2c(c1)CCO2)c1ccncn1. The number of ketones is 1. The van der Waals surface area contributed by atoms with E-state index in [1.54, 1.807) is 12.3 Å². The number of Topliss-reactive ketones (excluding diaryl/α,β-unsaturated/α-hetero) is 1. The molecule has 0 saturated heterocycles. The molecule has 1 aromatic heterocycles. The van der Waals surface area contributed by atoms with Gasteiger partial charge in [-0.25, -0.2) is 9.97 Å². The predicted octanol–water partition coefficient (Wildman–Crippen LogP) is 2.23. The maximum atomic E-state index is 11.9. The first-order valence-corrected chi connectivity index (χ1v) is 6.37. The lowest BCUT2D eigenvalue weighted by molar-refractivity contribution is 0.0978. The van der Waals surface area contributed by atoms with Crippen LogP contribution in [0.25, 0.3) is 0 Å². The largest absolute Gasteiger partial charge is 0.493 e. The third-order valence-electron chi connectivity index (χ3n) is 3.26. The molecule has 3 rings (SSSR count). The van der Waals surface area contributed by atoms with E-state index < -0.39 is 0 Å². The molecule has 1 aliphatic heterocycles. The zero-order valence-corrected chi connectivity index (χ0v) is 10.5. The van der Waals surface area contributed by atoms with Gasteiger partial charge >= 0.3 is 0 Å². The second kappa shape index (κ2) is 5.18. The van der Waals surface area contributed by atoms with Gasteiger partial charge < -0.3 is 4.74 Å². The van der Waals surface area contributed by atoms with E-state index >= 15 is 0 Å². The molecule has 0 amide bonds. The van der Waals surface area contributed by atoms with Gasteiger partial charge in [0.2, 0.25) is 0 Å². The lowest BCUT2D eigenvalue weighted by atomic mass is 10.0. The smallest absolute Gasteiger partial charge is 0.181 e. The summed E-state index contributed by atoms with van der Waals surface area (Å²) in [6.45, 7) is 0.763. The first-order chi connectivity index (χ1) is 9.33. The van der Waals surface area contributed by atoms with E-state index in [1.807, 2.05) is 12.1 Å². The van der Waals surface area contributed by atoms with Crippen molar-refractivity contribution in [3.8, 4) is 5.75 Å². The van der Waals surface area contributed by atoms with E-state index in [-0.39, 0.29) is 5.78 Å². The van der Waals surface area contributed by atoms with Crippen LogP contribution in [0, 0.1) is 0 Å². The Kier molecular flexibility index (Phi) is 3.23. The number of benzene rings is 1. The number of aryl methyl sites for hydroxylation is 1. The summed E-state index contributed by atoms with van der Waals surface area (Å²) in [6.07, 6.45) is 5.16. The number of nitrogens with zero attached hydrogens (tertiary/aromatic N) is 2. The standard InChI is InChI=1S/C15H14N2O2/c18-14(13-5-7-16-10-17-13)3-1-11-2-4-15-12(9-11)6-8-19-15/h2,4-5,7,9-10H,1,3,6,8H2. The van der Waals surface area contributed by atoms with Crippen LogP contribution in [0.15, 0.2) is 36.8 Å². The zero-order valence-electron chi connectivity index (χ0n) is 10.5. The first-order valence-electron chi connectivity index (χ1n) is 6.37. The molecule has 96 valence electrons. The van der Waals surface area contributed by atoms with Crippen molar-refractivity contribution < 1.29 is 9.53 Å². The quantitative estimate of drug-likeness (QED) is 0.785. The summed E-state index contributed by atoms with van der Waals surface area (Å²) in [5.74, 6) is 1.03. The van der Waals surface area contributed by atoms with Crippen molar-refractivity contribution in [2.75, 3.05) is 6.61 Å². The fourth-order valence-electron chi connectivity index (χ4n) is 2.24. The van der Waals surface area contributed by atoms with Crippen molar-refractivity contribution in [3.05, 3.63) is 53.6 Å². The van der Waals surface area contributed by atoms with Crippen LogP contribution >= 0.6 is 0 Å². The summed E-state index contributed by atoms with van der Waals surface area (Å²) in [5, 5.41) is 0. The highest BCUT2D eigenvalue weighted by molar-refractivity contribution is 5.94. The van der Waals surface area contributed by atoms with E-state index in [2.05, 4.69) is 16.0 Å². The van der Waals surface area contributed by atoms with E-state index in [0.29, 0.717) is 12.1 Å². The van der Waals surface area contributed by atoms with Crippen LogP contribution in [-0.2, 0) is 12.8 Å². The molecule has 0 bridgehead atoms. The molecule has 2 heterocycles. The highest BCUT2D eigenvalue weighted by Crippen LogP contribution is 2.26. The van der Waals surface area contributed by atoms with Gasteiger partial charge in [0.05, 0.1) is 6.61 Å². The summed E-state index contributed by atoms with van der Waals surface area (Å²) in [4.78, 5) is 19.7. The van der Waals surface area contributed by atoms with Crippen LogP contribution in [-0.4, -0.2) is 22.4 Å². The van der Waals surface area contributed by atoms with Crippen LogP contribution in [0.3, 0.4) is 0 Å². The molecule has 1 aliphatic rings. The second-order valence-corrected chi connectivity index (χ2v) is 4.56. The van der Waals surface area contributed by atoms with Crippen molar-refractivity contribution in [3.63, 3.8) is 0 Å². The highest BCUT2D eigenvalue weighted by atomic mass is 16.5. The number of hydrogen-bond acceptors (Lipinski definition) is 4. The van der Waals surface area contributed by atoms with Crippen molar-refractivity contribution in [1.29, 1.82) is 0 Å². The molecule has 0 spiro atoms. The average molecular weight is 254 g/mol. The summed E-state index contributed by atoms with van der Waals surface area (Å²) < 4.78 is 5.46. The van der Waals surface area contributed by atoms with Gasteiger partial charge in [0.25, 0.3) is 0 Å². The van der Waals surface area contributed by atoms with Gasteiger partial charge in [0, 0.05) is 19.0 Å². The molecule has 4 nitrogen and oxygen atoms in total. The van der Waals surface area contributed by atoms with Crippen molar-refractivity contribution in [1.82, 2.24) is 9.97 Å². The zero-order chi connectivity index (χ0) is 13.1. The molecular formula is C15H14N2O2. The van der Waals surface area contributed by atoms with Gasteiger partial charge in [-0.05, 0) is 29.7 Å². The number of fused-ring (bicyclic) bond motifs is 1. The van der Waals surface area contributed by atoms with Gasteiger partial charge in [-0.3, -0.25) is 4.79 Å². The summed E-state index contributed by atoms with van der Waals surface area (Å²) in [7, 11) is 0. The van der Waals surface area contributed by atoms with Gasteiger partial charge in [-0.2, -0.15) is 0 Å². The number of aromatic nitrogens is 2. The highest BCUT2D eigenvalue weighted by Gasteiger charge is 2.13. The Morgan fingerprint density at radius 2 is 2.26 bits per heavy atom. The molecule has 1 aromatic carbocycles. The number of carbonyl (C=O) groups excluding carboxylic acids is 1. The van der Waals surface area contributed by atoms with Gasteiger partial charge in [0.15, 0.2) is 5.78 Å². The van der Waals surface area contributed by atoms with E-state index in [1.165, 1.54) is 17.5 Å². The fourth-order valence-corrected chi connectivity index (χ4v) is 2.24. The molecule has 0 fully saturated rings. The molecule has 0 aliphatic carbocycles. The van der Waals surface area contributed by atoms with Crippen LogP contribution in [0.1, 0.15) is 28.0 Å². The molecule has 0 unspecified atom stereocenters. The van der Waals surface area contributed by atoms with Crippen molar-refractivity contribution in [2.45, 2.75) is 19.3 Å². The molecule has 4 heteroatoms. The van der Waals surface area contributed by atoms with Gasteiger partial charge in [-0.1, -0.05) is 12.1 Å². The minimum absolute atomic E-state index is 0.0548. The number of ether oxygens (including phenoxy) is 1. The Labute approximate surface area is 111 Å². The Hall–Kier alpha value is -2.23.